The zero-order valence-electron chi connectivity index (χ0n) is 18.3. The number of rotatable bonds is 7. The Balaban J connectivity index is 1.43. The standard InChI is InChI=1S/C26H26N2O5/c29-24(21-17-19-9-4-5-10-20(19)33-21)22-23(18-7-2-1-3-8-18)28(26(31)25(22)30)12-6-11-27-13-15-32-16-14-27/h1-5,7-10,17,23,30H,6,11-16H2/t23-/m0/s1. The van der Waals surface area contributed by atoms with Gasteiger partial charge in [0, 0.05) is 31.6 Å². The number of nitrogens with zero attached hydrogens (tertiary/aromatic N) is 2. The summed E-state index contributed by atoms with van der Waals surface area (Å²) in [5, 5.41) is 11.6. The number of ether oxygens (including phenoxy) is 1. The molecule has 1 amide bonds. The average Bonchev–Trinajstić information content (AvgIpc) is 3.40. The molecule has 0 bridgehead atoms. The van der Waals surface area contributed by atoms with Crippen LogP contribution in [0.15, 0.2) is 76.4 Å². The lowest BCUT2D eigenvalue weighted by atomic mass is 9.95. The summed E-state index contributed by atoms with van der Waals surface area (Å²) >= 11 is 0. The van der Waals surface area contributed by atoms with E-state index in [1.807, 2.05) is 48.5 Å². The Hall–Kier alpha value is -3.42. The summed E-state index contributed by atoms with van der Waals surface area (Å²) < 4.78 is 11.2. The van der Waals surface area contributed by atoms with Crippen LogP contribution in [-0.4, -0.2) is 66.0 Å². The number of aliphatic hydroxyl groups excluding tert-OH is 1. The molecule has 7 nitrogen and oxygen atoms in total. The van der Waals surface area contributed by atoms with E-state index in [2.05, 4.69) is 4.90 Å². The van der Waals surface area contributed by atoms with Gasteiger partial charge >= 0.3 is 0 Å². The maximum atomic E-state index is 13.5. The highest BCUT2D eigenvalue weighted by Crippen LogP contribution is 2.39. The summed E-state index contributed by atoms with van der Waals surface area (Å²) in [5.74, 6) is -1.38. The van der Waals surface area contributed by atoms with Gasteiger partial charge in [0.15, 0.2) is 11.5 Å². The average molecular weight is 447 g/mol. The first kappa shape index (κ1) is 21.4. The molecule has 0 saturated carbocycles. The molecule has 2 aromatic carbocycles. The molecule has 0 radical (unpaired) electrons. The molecule has 7 heteroatoms. The van der Waals surface area contributed by atoms with Crippen LogP contribution in [0, 0.1) is 0 Å². The highest BCUT2D eigenvalue weighted by molar-refractivity contribution is 6.16. The second-order valence-electron chi connectivity index (χ2n) is 8.36. The van der Waals surface area contributed by atoms with E-state index in [0.717, 1.165) is 37.0 Å². The maximum absolute atomic E-state index is 13.5. The van der Waals surface area contributed by atoms with E-state index in [1.165, 1.54) is 0 Å². The zero-order valence-corrected chi connectivity index (χ0v) is 18.3. The summed E-state index contributed by atoms with van der Waals surface area (Å²) in [6, 6.07) is 17.7. The normalized spacial score (nSPS) is 19.6. The Labute approximate surface area is 191 Å². The van der Waals surface area contributed by atoms with Gasteiger partial charge < -0.3 is 19.2 Å². The minimum absolute atomic E-state index is 0.0663. The van der Waals surface area contributed by atoms with E-state index in [1.54, 1.807) is 17.0 Å². The number of morpholine rings is 1. The number of ketones is 1. The first-order chi connectivity index (χ1) is 16.1. The van der Waals surface area contributed by atoms with Crippen LogP contribution in [0.1, 0.15) is 28.6 Å². The number of carbonyl (C=O) groups excluding carboxylic acids is 2. The molecule has 33 heavy (non-hydrogen) atoms. The molecule has 3 heterocycles. The quantitative estimate of drug-likeness (QED) is 0.557. The summed E-state index contributed by atoms with van der Waals surface area (Å²) in [5.41, 5.74) is 1.43. The molecule has 0 aliphatic carbocycles. The molecule has 1 fully saturated rings. The van der Waals surface area contributed by atoms with Gasteiger partial charge in [0.05, 0.1) is 24.8 Å². The van der Waals surface area contributed by atoms with Gasteiger partial charge in [-0.05, 0) is 24.1 Å². The SMILES string of the molecule is O=C(C1=C(O)C(=O)N(CCCN2CCOCC2)[C@H]1c1ccccc1)c1cc2ccccc2o1. The van der Waals surface area contributed by atoms with Crippen molar-refractivity contribution in [2.45, 2.75) is 12.5 Å². The van der Waals surface area contributed by atoms with E-state index < -0.39 is 23.5 Å². The van der Waals surface area contributed by atoms with E-state index in [-0.39, 0.29) is 11.3 Å². The lowest BCUT2D eigenvalue weighted by Gasteiger charge is -2.29. The molecule has 0 spiro atoms. The fraction of sp³-hybridized carbons (Fsp3) is 0.308. The minimum atomic E-state index is -0.663. The smallest absolute Gasteiger partial charge is 0.290 e. The molecule has 2 aliphatic heterocycles. The predicted octanol–water partition coefficient (Wildman–Crippen LogP) is 3.73. The van der Waals surface area contributed by atoms with Crippen molar-refractivity contribution < 1.29 is 23.8 Å². The van der Waals surface area contributed by atoms with Gasteiger partial charge in [0.25, 0.3) is 5.91 Å². The van der Waals surface area contributed by atoms with Crippen molar-refractivity contribution in [1.29, 1.82) is 0 Å². The molecule has 0 unspecified atom stereocenters. The largest absolute Gasteiger partial charge is 0.503 e. The minimum Gasteiger partial charge on any atom is -0.503 e. The van der Waals surface area contributed by atoms with Gasteiger partial charge in [-0.15, -0.1) is 0 Å². The lowest BCUT2D eigenvalue weighted by molar-refractivity contribution is -0.129. The fourth-order valence-corrected chi connectivity index (χ4v) is 4.61. The second-order valence-corrected chi connectivity index (χ2v) is 8.36. The summed E-state index contributed by atoms with van der Waals surface area (Å²) in [6.45, 7) is 4.42. The topological polar surface area (TPSA) is 83.2 Å². The molecule has 170 valence electrons. The Morgan fingerprint density at radius 3 is 2.48 bits per heavy atom. The third kappa shape index (κ3) is 4.17. The van der Waals surface area contributed by atoms with Crippen molar-refractivity contribution in [3.05, 3.63) is 83.3 Å². The molecular formula is C26H26N2O5. The van der Waals surface area contributed by atoms with Crippen LogP contribution in [-0.2, 0) is 9.53 Å². The number of para-hydroxylation sites is 1. The second kappa shape index (κ2) is 9.21. The van der Waals surface area contributed by atoms with Crippen molar-refractivity contribution in [1.82, 2.24) is 9.80 Å². The van der Waals surface area contributed by atoms with Gasteiger partial charge in [0.1, 0.15) is 5.58 Å². The van der Waals surface area contributed by atoms with Crippen molar-refractivity contribution >= 4 is 22.7 Å². The summed E-state index contributed by atoms with van der Waals surface area (Å²) in [6.07, 6.45) is 0.731. The third-order valence-electron chi connectivity index (χ3n) is 6.29. The maximum Gasteiger partial charge on any atom is 0.290 e. The van der Waals surface area contributed by atoms with Crippen LogP contribution in [0.3, 0.4) is 0 Å². The molecule has 3 aromatic rings. The van der Waals surface area contributed by atoms with Crippen molar-refractivity contribution in [3.63, 3.8) is 0 Å². The monoisotopic (exact) mass is 446 g/mol. The van der Waals surface area contributed by atoms with E-state index in [9.17, 15) is 14.7 Å². The number of Topliss-reactive ketones (excluding diaryl/α,β-unsaturated/α-hetero) is 1. The summed E-state index contributed by atoms with van der Waals surface area (Å²) in [7, 11) is 0. The van der Waals surface area contributed by atoms with Crippen molar-refractivity contribution in [2.24, 2.45) is 0 Å². The molecule has 1 N–H and O–H groups in total. The Morgan fingerprint density at radius 2 is 1.73 bits per heavy atom. The first-order valence-corrected chi connectivity index (χ1v) is 11.3. The molecule has 1 aromatic heterocycles. The third-order valence-corrected chi connectivity index (χ3v) is 6.29. The van der Waals surface area contributed by atoms with Gasteiger partial charge in [-0.1, -0.05) is 48.5 Å². The number of hydrogen-bond donors (Lipinski definition) is 1. The van der Waals surface area contributed by atoms with Gasteiger partial charge in [-0.3, -0.25) is 14.5 Å². The molecule has 1 saturated heterocycles. The van der Waals surface area contributed by atoms with Gasteiger partial charge in [-0.25, -0.2) is 0 Å². The number of amides is 1. The van der Waals surface area contributed by atoms with Crippen LogP contribution in [0.2, 0.25) is 0 Å². The Bertz CT molecular complexity index is 1160. The van der Waals surface area contributed by atoms with Crippen LogP contribution in [0.25, 0.3) is 11.0 Å². The molecule has 5 rings (SSSR count). The predicted molar refractivity (Wildman–Crippen MR) is 123 cm³/mol. The van der Waals surface area contributed by atoms with Crippen LogP contribution < -0.4 is 0 Å². The first-order valence-electron chi connectivity index (χ1n) is 11.3. The van der Waals surface area contributed by atoms with Crippen LogP contribution in [0.4, 0.5) is 0 Å². The van der Waals surface area contributed by atoms with Crippen LogP contribution >= 0.6 is 0 Å². The van der Waals surface area contributed by atoms with Gasteiger partial charge in [-0.2, -0.15) is 0 Å². The highest BCUT2D eigenvalue weighted by atomic mass is 16.5. The number of carbonyl (C=O) groups is 2. The summed E-state index contributed by atoms with van der Waals surface area (Å²) in [4.78, 5) is 30.5. The van der Waals surface area contributed by atoms with Crippen LogP contribution in [0.5, 0.6) is 0 Å². The molecular weight excluding hydrogens is 420 g/mol. The zero-order chi connectivity index (χ0) is 22.8. The number of benzene rings is 2. The van der Waals surface area contributed by atoms with Crippen molar-refractivity contribution in [2.75, 3.05) is 39.4 Å². The van der Waals surface area contributed by atoms with Gasteiger partial charge in [0.2, 0.25) is 5.78 Å². The Morgan fingerprint density at radius 1 is 1.00 bits per heavy atom. The van der Waals surface area contributed by atoms with Crippen molar-refractivity contribution in [3.8, 4) is 0 Å². The number of furan rings is 1. The van der Waals surface area contributed by atoms with E-state index >= 15 is 0 Å². The number of fused-ring (bicyclic) bond motifs is 1. The van der Waals surface area contributed by atoms with E-state index in [0.29, 0.717) is 25.3 Å². The van der Waals surface area contributed by atoms with E-state index in [4.69, 9.17) is 9.15 Å². The number of aliphatic hydroxyl groups is 1. The number of hydrogen-bond acceptors (Lipinski definition) is 6. The Kier molecular flexibility index (Phi) is 5.98. The fourth-order valence-electron chi connectivity index (χ4n) is 4.61. The molecule has 2 aliphatic rings. The lowest BCUT2D eigenvalue weighted by Crippen LogP contribution is -2.39. The highest BCUT2D eigenvalue weighted by Gasteiger charge is 2.44. The molecule has 1 atom stereocenters.